The molecule has 128 valence electrons. The minimum atomic E-state index is -0.952. The van der Waals surface area contributed by atoms with E-state index in [2.05, 4.69) is 11.7 Å². The lowest BCUT2D eigenvalue weighted by Crippen LogP contribution is -2.33. The van der Waals surface area contributed by atoms with E-state index >= 15 is 0 Å². The van der Waals surface area contributed by atoms with Crippen LogP contribution in [0.3, 0.4) is 0 Å². The molecule has 0 fully saturated rings. The molecule has 1 unspecified atom stereocenters. The van der Waals surface area contributed by atoms with Gasteiger partial charge in [0.05, 0.1) is 19.1 Å². The van der Waals surface area contributed by atoms with Gasteiger partial charge in [0.15, 0.2) is 0 Å². The average molecular weight is 314 g/mol. The molecule has 0 aliphatic rings. The Morgan fingerprint density at radius 1 is 1.00 bits per heavy atom. The maximum absolute atomic E-state index is 12.2. The second-order valence-corrected chi connectivity index (χ2v) is 5.88. The quantitative estimate of drug-likeness (QED) is 0.408. The van der Waals surface area contributed by atoms with Crippen LogP contribution in [0.2, 0.25) is 0 Å². The number of methoxy groups -OCH3 is 1. The van der Waals surface area contributed by atoms with Crippen molar-refractivity contribution in [3.63, 3.8) is 0 Å². The highest BCUT2D eigenvalue weighted by Gasteiger charge is 2.37. The third-order valence-corrected chi connectivity index (χ3v) is 3.77. The maximum Gasteiger partial charge on any atom is 0.312 e. The number of rotatable bonds is 12. The molecule has 0 aromatic rings. The van der Waals surface area contributed by atoms with E-state index in [9.17, 15) is 14.4 Å². The molecule has 0 heterocycles. The SMILES string of the molecule is CCCCCCC(=O)CC(C)(CCC(=O)OC)C(=O)OCC. The first-order valence-corrected chi connectivity index (χ1v) is 8.15. The Labute approximate surface area is 133 Å². The Morgan fingerprint density at radius 2 is 1.68 bits per heavy atom. The smallest absolute Gasteiger partial charge is 0.312 e. The van der Waals surface area contributed by atoms with E-state index in [1.54, 1.807) is 13.8 Å². The van der Waals surface area contributed by atoms with E-state index in [1.165, 1.54) is 7.11 Å². The van der Waals surface area contributed by atoms with Crippen LogP contribution < -0.4 is 0 Å². The highest BCUT2D eigenvalue weighted by atomic mass is 16.5. The third-order valence-electron chi connectivity index (χ3n) is 3.77. The fourth-order valence-electron chi connectivity index (χ4n) is 2.32. The first-order chi connectivity index (χ1) is 10.4. The van der Waals surface area contributed by atoms with Gasteiger partial charge in [-0.1, -0.05) is 26.2 Å². The van der Waals surface area contributed by atoms with E-state index in [0.717, 1.165) is 25.7 Å². The molecule has 0 saturated heterocycles. The molecule has 1 atom stereocenters. The molecule has 0 aliphatic carbocycles. The van der Waals surface area contributed by atoms with Gasteiger partial charge in [0.1, 0.15) is 5.78 Å². The summed E-state index contributed by atoms with van der Waals surface area (Å²) in [5.74, 6) is -0.747. The molecule has 5 heteroatoms. The number of hydrogen-bond acceptors (Lipinski definition) is 5. The van der Waals surface area contributed by atoms with Gasteiger partial charge in [-0.3, -0.25) is 14.4 Å². The lowest BCUT2D eigenvalue weighted by Gasteiger charge is -2.26. The largest absolute Gasteiger partial charge is 0.469 e. The summed E-state index contributed by atoms with van der Waals surface area (Å²) in [6.45, 7) is 5.80. The van der Waals surface area contributed by atoms with E-state index in [0.29, 0.717) is 6.42 Å². The second kappa shape index (κ2) is 11.2. The Morgan fingerprint density at radius 3 is 2.23 bits per heavy atom. The zero-order valence-corrected chi connectivity index (χ0v) is 14.4. The van der Waals surface area contributed by atoms with Crippen molar-refractivity contribution in [1.29, 1.82) is 0 Å². The number of esters is 2. The van der Waals surface area contributed by atoms with Gasteiger partial charge in [-0.2, -0.15) is 0 Å². The molecule has 0 N–H and O–H groups in total. The molecule has 0 radical (unpaired) electrons. The molecule has 0 saturated carbocycles. The van der Waals surface area contributed by atoms with E-state index in [-0.39, 0.29) is 37.6 Å². The summed E-state index contributed by atoms with van der Waals surface area (Å²) in [4.78, 5) is 35.6. The number of carbonyl (C=O) groups excluding carboxylic acids is 3. The Balaban J connectivity index is 4.60. The number of hydrogen-bond donors (Lipinski definition) is 0. The van der Waals surface area contributed by atoms with Crippen LogP contribution in [0.5, 0.6) is 0 Å². The van der Waals surface area contributed by atoms with Crippen LogP contribution in [-0.2, 0) is 23.9 Å². The van der Waals surface area contributed by atoms with Crippen LogP contribution in [0.1, 0.15) is 72.1 Å². The van der Waals surface area contributed by atoms with Gasteiger partial charge < -0.3 is 9.47 Å². The maximum atomic E-state index is 12.2. The molecule has 0 spiro atoms. The molecule has 0 rings (SSSR count). The number of ketones is 1. The predicted octanol–water partition coefficient (Wildman–Crippen LogP) is 3.44. The van der Waals surface area contributed by atoms with E-state index < -0.39 is 11.4 Å². The van der Waals surface area contributed by atoms with Crippen molar-refractivity contribution in [3.8, 4) is 0 Å². The zero-order chi connectivity index (χ0) is 17.0. The first kappa shape index (κ1) is 20.6. The fourth-order valence-corrected chi connectivity index (χ4v) is 2.32. The van der Waals surface area contributed by atoms with E-state index in [1.807, 2.05) is 0 Å². The van der Waals surface area contributed by atoms with Crippen molar-refractivity contribution in [1.82, 2.24) is 0 Å². The summed E-state index contributed by atoms with van der Waals surface area (Å²) < 4.78 is 9.68. The normalized spacial score (nSPS) is 13.3. The Hall–Kier alpha value is -1.39. The van der Waals surface area contributed by atoms with Crippen molar-refractivity contribution in [2.24, 2.45) is 5.41 Å². The summed E-state index contributed by atoms with van der Waals surface area (Å²) in [5.41, 5.74) is -0.952. The van der Waals surface area contributed by atoms with Crippen molar-refractivity contribution in [2.45, 2.75) is 72.1 Å². The minimum absolute atomic E-state index is 0.0523. The van der Waals surface area contributed by atoms with Gasteiger partial charge in [-0.25, -0.2) is 0 Å². The van der Waals surface area contributed by atoms with Gasteiger partial charge in [-0.15, -0.1) is 0 Å². The summed E-state index contributed by atoms with van der Waals surface area (Å²) in [6, 6.07) is 0. The molecule has 0 aromatic heterocycles. The lowest BCUT2D eigenvalue weighted by molar-refractivity contribution is -0.157. The topological polar surface area (TPSA) is 69.7 Å². The highest BCUT2D eigenvalue weighted by molar-refractivity contribution is 5.87. The lowest BCUT2D eigenvalue weighted by atomic mass is 9.80. The first-order valence-electron chi connectivity index (χ1n) is 8.15. The molecule has 0 amide bonds. The minimum Gasteiger partial charge on any atom is -0.469 e. The van der Waals surface area contributed by atoms with E-state index in [4.69, 9.17) is 4.74 Å². The van der Waals surface area contributed by atoms with Crippen LogP contribution >= 0.6 is 0 Å². The van der Waals surface area contributed by atoms with Crippen molar-refractivity contribution in [2.75, 3.05) is 13.7 Å². The molecule has 0 bridgehead atoms. The van der Waals surface area contributed by atoms with Crippen LogP contribution in [0.25, 0.3) is 0 Å². The van der Waals surface area contributed by atoms with Crippen molar-refractivity contribution >= 4 is 17.7 Å². The Kier molecular flexibility index (Phi) is 10.5. The number of unbranched alkanes of at least 4 members (excludes halogenated alkanes) is 3. The van der Waals surface area contributed by atoms with Crippen LogP contribution in [-0.4, -0.2) is 31.4 Å². The van der Waals surface area contributed by atoms with Crippen molar-refractivity contribution in [3.05, 3.63) is 0 Å². The molecular formula is C17H30O5. The standard InChI is InChI=1S/C17H30O5/c1-5-7-8-9-10-14(18)13-17(3,16(20)22-6-2)12-11-15(19)21-4/h5-13H2,1-4H3. The van der Waals surface area contributed by atoms with Crippen LogP contribution in [0, 0.1) is 5.41 Å². The van der Waals surface area contributed by atoms with Gasteiger partial charge in [-0.05, 0) is 26.7 Å². The number of carbonyl (C=O) groups is 3. The average Bonchev–Trinajstić information content (AvgIpc) is 2.49. The van der Waals surface area contributed by atoms with Gasteiger partial charge in [0, 0.05) is 19.3 Å². The fraction of sp³-hybridized carbons (Fsp3) is 0.824. The summed E-state index contributed by atoms with van der Waals surface area (Å²) in [7, 11) is 1.31. The van der Waals surface area contributed by atoms with Gasteiger partial charge in [0.2, 0.25) is 0 Å². The predicted molar refractivity (Wildman–Crippen MR) is 84.4 cm³/mol. The van der Waals surface area contributed by atoms with Crippen LogP contribution in [0.15, 0.2) is 0 Å². The monoisotopic (exact) mass is 314 g/mol. The molecule has 5 nitrogen and oxygen atoms in total. The third kappa shape index (κ3) is 8.15. The summed E-state index contributed by atoms with van der Waals surface area (Å²) in [6.07, 6.45) is 5.08. The van der Waals surface area contributed by atoms with Crippen molar-refractivity contribution < 1.29 is 23.9 Å². The second-order valence-electron chi connectivity index (χ2n) is 5.88. The summed E-state index contributed by atoms with van der Waals surface area (Å²) >= 11 is 0. The van der Waals surface area contributed by atoms with Crippen LogP contribution in [0.4, 0.5) is 0 Å². The molecule has 0 aromatic carbocycles. The zero-order valence-electron chi connectivity index (χ0n) is 14.4. The molecule has 22 heavy (non-hydrogen) atoms. The summed E-state index contributed by atoms with van der Waals surface area (Å²) in [5, 5.41) is 0. The van der Waals surface area contributed by atoms with Gasteiger partial charge >= 0.3 is 11.9 Å². The molecular weight excluding hydrogens is 284 g/mol. The van der Waals surface area contributed by atoms with Gasteiger partial charge in [0.25, 0.3) is 0 Å². The highest BCUT2D eigenvalue weighted by Crippen LogP contribution is 2.31. The number of ether oxygens (including phenoxy) is 2. The Bertz CT molecular complexity index is 364. The molecule has 0 aliphatic heterocycles. The number of Topliss-reactive ketones (excluding diaryl/α,β-unsaturated/α-hetero) is 1.